The van der Waals surface area contributed by atoms with Crippen LogP contribution in [0.2, 0.25) is 5.02 Å². The molecule has 0 saturated carbocycles. The lowest BCUT2D eigenvalue weighted by Gasteiger charge is -2.28. The molecule has 27 heavy (non-hydrogen) atoms. The Morgan fingerprint density at radius 2 is 1.89 bits per heavy atom. The molecule has 8 heteroatoms. The number of carbonyl (C=O) groups excluding carboxylic acids is 1. The van der Waals surface area contributed by atoms with Gasteiger partial charge in [-0.1, -0.05) is 29.8 Å². The molecular formula is C19H22ClFN2O3S. The lowest BCUT2D eigenvalue weighted by atomic mass is 10.1. The Morgan fingerprint density at radius 1 is 1.22 bits per heavy atom. The van der Waals surface area contributed by atoms with Crippen molar-refractivity contribution in [2.24, 2.45) is 0 Å². The highest BCUT2D eigenvalue weighted by Gasteiger charge is 2.28. The lowest BCUT2D eigenvalue weighted by molar-refractivity contribution is -0.121. The molecule has 0 aromatic heterocycles. The summed E-state index contributed by atoms with van der Waals surface area (Å²) in [5.41, 5.74) is 1.30. The van der Waals surface area contributed by atoms with E-state index in [0.29, 0.717) is 30.1 Å². The summed E-state index contributed by atoms with van der Waals surface area (Å²) in [6.07, 6.45) is 2.38. The highest BCUT2D eigenvalue weighted by Crippen LogP contribution is 2.24. The molecule has 0 saturated heterocycles. The first-order valence-corrected chi connectivity index (χ1v) is 10.7. The van der Waals surface area contributed by atoms with Gasteiger partial charge in [0.2, 0.25) is 15.9 Å². The van der Waals surface area contributed by atoms with E-state index in [0.717, 1.165) is 16.1 Å². The molecule has 0 heterocycles. The van der Waals surface area contributed by atoms with Crippen LogP contribution in [-0.2, 0) is 21.2 Å². The fourth-order valence-corrected chi connectivity index (χ4v) is 4.08. The molecule has 0 unspecified atom stereocenters. The Balaban J connectivity index is 1.97. The fourth-order valence-electron chi connectivity index (χ4n) is 2.72. The summed E-state index contributed by atoms with van der Waals surface area (Å²) in [6.45, 7) is 1.91. The smallest absolute Gasteiger partial charge is 0.243 e. The quantitative estimate of drug-likeness (QED) is 0.676. The number of halogens is 2. The summed E-state index contributed by atoms with van der Waals surface area (Å²) >= 11 is 5.95. The summed E-state index contributed by atoms with van der Waals surface area (Å²) in [4.78, 5) is 12.4. The number of hydrogen-bond donors (Lipinski definition) is 1. The number of benzene rings is 2. The van der Waals surface area contributed by atoms with Gasteiger partial charge in [0.1, 0.15) is 11.9 Å². The number of anilines is 1. The number of aryl methyl sites for hydroxylation is 1. The molecule has 0 fully saturated rings. The van der Waals surface area contributed by atoms with Gasteiger partial charge in [-0.3, -0.25) is 9.10 Å². The van der Waals surface area contributed by atoms with Gasteiger partial charge in [0, 0.05) is 11.6 Å². The minimum atomic E-state index is -3.68. The van der Waals surface area contributed by atoms with Gasteiger partial charge in [-0.2, -0.15) is 0 Å². The largest absolute Gasteiger partial charge is 0.354 e. The Labute approximate surface area is 164 Å². The molecule has 0 bridgehead atoms. The van der Waals surface area contributed by atoms with Crippen LogP contribution in [0.1, 0.15) is 18.9 Å². The van der Waals surface area contributed by atoms with Crippen molar-refractivity contribution in [3.63, 3.8) is 0 Å². The Bertz CT molecular complexity index is 888. The second-order valence-electron chi connectivity index (χ2n) is 6.24. The first-order chi connectivity index (χ1) is 12.7. The third-order valence-corrected chi connectivity index (χ3v) is 5.48. The topological polar surface area (TPSA) is 66.5 Å². The van der Waals surface area contributed by atoms with Gasteiger partial charge in [-0.15, -0.1) is 0 Å². The SMILES string of the molecule is C[C@@H](C(=O)NCCCc1ccc(F)cc1)N(c1cccc(Cl)c1)S(C)(=O)=O. The maximum absolute atomic E-state index is 12.9. The molecule has 146 valence electrons. The first-order valence-electron chi connectivity index (χ1n) is 8.45. The summed E-state index contributed by atoms with van der Waals surface area (Å²) in [7, 11) is -3.68. The Hall–Kier alpha value is -2.12. The van der Waals surface area contributed by atoms with Crippen LogP contribution in [0.4, 0.5) is 10.1 Å². The molecule has 1 atom stereocenters. The van der Waals surface area contributed by atoms with Crippen LogP contribution in [-0.4, -0.2) is 33.2 Å². The Kier molecular flexibility index (Phi) is 7.21. The number of carbonyl (C=O) groups is 1. The molecule has 0 aliphatic rings. The molecule has 5 nitrogen and oxygen atoms in total. The zero-order chi connectivity index (χ0) is 20.0. The average Bonchev–Trinajstić information content (AvgIpc) is 2.59. The van der Waals surface area contributed by atoms with Crippen LogP contribution in [0.25, 0.3) is 0 Å². The normalized spacial score (nSPS) is 12.4. The number of rotatable bonds is 8. The zero-order valence-corrected chi connectivity index (χ0v) is 16.7. The highest BCUT2D eigenvalue weighted by atomic mass is 35.5. The maximum Gasteiger partial charge on any atom is 0.243 e. The van der Waals surface area contributed by atoms with Gasteiger partial charge in [-0.05, 0) is 55.7 Å². The fraction of sp³-hybridized carbons (Fsp3) is 0.316. The van der Waals surface area contributed by atoms with Crippen molar-refractivity contribution < 1.29 is 17.6 Å². The summed E-state index contributed by atoms with van der Waals surface area (Å²) in [6, 6.07) is 11.6. The monoisotopic (exact) mass is 412 g/mol. The molecule has 0 aliphatic heterocycles. The van der Waals surface area contributed by atoms with Crippen LogP contribution in [0.15, 0.2) is 48.5 Å². The average molecular weight is 413 g/mol. The summed E-state index contributed by atoms with van der Waals surface area (Å²) in [5, 5.41) is 3.13. The van der Waals surface area contributed by atoms with Crippen molar-refractivity contribution in [3.05, 3.63) is 64.9 Å². The van der Waals surface area contributed by atoms with E-state index in [1.807, 2.05) is 0 Å². The molecular weight excluding hydrogens is 391 g/mol. The second-order valence-corrected chi connectivity index (χ2v) is 8.53. The van der Waals surface area contributed by atoms with Crippen molar-refractivity contribution >= 4 is 33.2 Å². The van der Waals surface area contributed by atoms with Crippen molar-refractivity contribution in [1.82, 2.24) is 5.32 Å². The van der Waals surface area contributed by atoms with Crippen LogP contribution < -0.4 is 9.62 Å². The van der Waals surface area contributed by atoms with E-state index >= 15 is 0 Å². The molecule has 1 N–H and O–H groups in total. The van der Waals surface area contributed by atoms with Crippen LogP contribution >= 0.6 is 11.6 Å². The van der Waals surface area contributed by atoms with Crippen molar-refractivity contribution in [2.45, 2.75) is 25.8 Å². The summed E-state index contributed by atoms with van der Waals surface area (Å²) < 4.78 is 38.3. The van der Waals surface area contributed by atoms with E-state index in [4.69, 9.17) is 11.6 Å². The minimum Gasteiger partial charge on any atom is -0.354 e. The third-order valence-electron chi connectivity index (χ3n) is 4.01. The molecule has 0 spiro atoms. The summed E-state index contributed by atoms with van der Waals surface area (Å²) in [5.74, 6) is -0.692. The van der Waals surface area contributed by atoms with Crippen LogP contribution in [0.3, 0.4) is 0 Å². The van der Waals surface area contributed by atoms with Gasteiger partial charge >= 0.3 is 0 Å². The second kappa shape index (κ2) is 9.19. The molecule has 2 rings (SSSR count). The van der Waals surface area contributed by atoms with E-state index < -0.39 is 22.0 Å². The first kappa shape index (κ1) is 21.2. The number of nitrogens with zero attached hydrogens (tertiary/aromatic N) is 1. The van der Waals surface area contributed by atoms with Gasteiger partial charge in [0.05, 0.1) is 11.9 Å². The predicted molar refractivity (Wildman–Crippen MR) is 106 cm³/mol. The molecule has 1 amide bonds. The standard InChI is InChI=1S/C19H22ClFN2O3S/c1-14(23(27(2,25)26)18-7-3-6-16(20)13-18)19(24)22-12-4-5-15-8-10-17(21)11-9-15/h3,6-11,13-14H,4-5,12H2,1-2H3,(H,22,24)/t14-/m0/s1. The van der Waals surface area contributed by atoms with E-state index in [9.17, 15) is 17.6 Å². The van der Waals surface area contributed by atoms with E-state index in [1.54, 1.807) is 30.3 Å². The lowest BCUT2D eigenvalue weighted by Crippen LogP contribution is -2.48. The maximum atomic E-state index is 12.9. The zero-order valence-electron chi connectivity index (χ0n) is 15.2. The number of amides is 1. The molecule has 2 aromatic carbocycles. The van der Waals surface area contributed by atoms with Gasteiger partial charge < -0.3 is 5.32 Å². The minimum absolute atomic E-state index is 0.289. The van der Waals surface area contributed by atoms with Crippen molar-refractivity contribution in [3.8, 4) is 0 Å². The number of hydrogen-bond acceptors (Lipinski definition) is 3. The third kappa shape index (κ3) is 6.22. The van der Waals surface area contributed by atoms with Gasteiger partial charge in [0.25, 0.3) is 0 Å². The predicted octanol–water partition coefficient (Wildman–Crippen LogP) is 3.38. The molecule has 0 aliphatic carbocycles. The van der Waals surface area contributed by atoms with Crippen molar-refractivity contribution in [1.29, 1.82) is 0 Å². The van der Waals surface area contributed by atoms with Crippen LogP contribution in [0, 0.1) is 5.82 Å². The molecule has 0 radical (unpaired) electrons. The number of sulfonamides is 1. The van der Waals surface area contributed by atoms with E-state index in [1.165, 1.54) is 25.1 Å². The highest BCUT2D eigenvalue weighted by molar-refractivity contribution is 7.92. The number of nitrogens with one attached hydrogen (secondary N) is 1. The van der Waals surface area contributed by atoms with Crippen molar-refractivity contribution in [2.75, 3.05) is 17.1 Å². The van der Waals surface area contributed by atoms with Crippen LogP contribution in [0.5, 0.6) is 0 Å². The van der Waals surface area contributed by atoms with Gasteiger partial charge in [-0.25, -0.2) is 12.8 Å². The molecule has 2 aromatic rings. The van der Waals surface area contributed by atoms with Gasteiger partial charge in [0.15, 0.2) is 0 Å². The van der Waals surface area contributed by atoms with E-state index in [2.05, 4.69) is 5.32 Å². The van der Waals surface area contributed by atoms with E-state index in [-0.39, 0.29) is 5.82 Å². The Morgan fingerprint density at radius 3 is 2.48 bits per heavy atom.